The molecule has 0 spiro atoms. The summed E-state index contributed by atoms with van der Waals surface area (Å²) in [5.74, 6) is 0. The standard InChI is InChI=1S/C13H27BO2Si/c1-5-13(14-15-10-9-11-16-14)12-17(6-2,7-3)8-4/h5H,6-12H2,1-4H3. The lowest BCUT2D eigenvalue weighted by Crippen LogP contribution is -2.38. The second kappa shape index (κ2) is 7.39. The minimum Gasteiger partial charge on any atom is -0.407 e. The Balaban J connectivity index is 2.67. The van der Waals surface area contributed by atoms with Crippen molar-refractivity contribution in [2.75, 3.05) is 13.2 Å². The molecule has 1 fully saturated rings. The summed E-state index contributed by atoms with van der Waals surface area (Å²) in [5, 5.41) is 0. The zero-order valence-corrected chi connectivity index (χ0v) is 12.9. The number of allylic oxidation sites excluding steroid dienone is 2. The van der Waals surface area contributed by atoms with Crippen molar-refractivity contribution in [3.63, 3.8) is 0 Å². The van der Waals surface area contributed by atoms with E-state index in [0.717, 1.165) is 19.6 Å². The molecule has 2 nitrogen and oxygen atoms in total. The summed E-state index contributed by atoms with van der Waals surface area (Å²) in [6.45, 7) is 10.9. The molecule has 17 heavy (non-hydrogen) atoms. The van der Waals surface area contributed by atoms with Gasteiger partial charge in [-0.05, 0) is 24.9 Å². The molecular formula is C13H27BO2Si. The van der Waals surface area contributed by atoms with Crippen molar-refractivity contribution in [2.24, 2.45) is 0 Å². The van der Waals surface area contributed by atoms with Gasteiger partial charge in [0.15, 0.2) is 0 Å². The Morgan fingerprint density at radius 1 is 1.12 bits per heavy atom. The SMILES string of the molecule is CC=C(C[Si](CC)(CC)CC)B1OCCCO1. The van der Waals surface area contributed by atoms with Crippen LogP contribution in [0.1, 0.15) is 34.1 Å². The Bertz CT molecular complexity index is 238. The fourth-order valence-electron chi connectivity index (χ4n) is 2.58. The van der Waals surface area contributed by atoms with E-state index < -0.39 is 8.07 Å². The van der Waals surface area contributed by atoms with Crippen LogP contribution in [0.15, 0.2) is 11.5 Å². The summed E-state index contributed by atoms with van der Waals surface area (Å²) in [6.07, 6.45) is 3.25. The quantitative estimate of drug-likeness (QED) is 0.669. The molecule has 1 saturated heterocycles. The summed E-state index contributed by atoms with van der Waals surface area (Å²) < 4.78 is 11.5. The average molecular weight is 254 g/mol. The van der Waals surface area contributed by atoms with Crippen LogP contribution >= 0.6 is 0 Å². The highest BCUT2D eigenvalue weighted by atomic mass is 28.3. The van der Waals surface area contributed by atoms with Crippen LogP contribution in [0.5, 0.6) is 0 Å². The van der Waals surface area contributed by atoms with Gasteiger partial charge in [0, 0.05) is 13.2 Å². The van der Waals surface area contributed by atoms with Gasteiger partial charge in [0.05, 0.1) is 8.07 Å². The van der Waals surface area contributed by atoms with Crippen LogP contribution in [-0.2, 0) is 9.31 Å². The van der Waals surface area contributed by atoms with Crippen molar-refractivity contribution < 1.29 is 9.31 Å². The number of rotatable bonds is 6. The Hall–Kier alpha value is -0.0582. The first kappa shape index (κ1) is 15.0. The maximum atomic E-state index is 5.74. The molecule has 4 heteroatoms. The van der Waals surface area contributed by atoms with Crippen molar-refractivity contribution in [1.82, 2.24) is 0 Å². The van der Waals surface area contributed by atoms with Crippen molar-refractivity contribution >= 4 is 15.2 Å². The molecule has 1 aliphatic rings. The maximum absolute atomic E-state index is 5.74. The number of hydrogen-bond donors (Lipinski definition) is 0. The Morgan fingerprint density at radius 2 is 1.65 bits per heavy atom. The Kier molecular flexibility index (Phi) is 6.52. The Morgan fingerprint density at radius 3 is 2.06 bits per heavy atom. The normalized spacial score (nSPS) is 18.6. The molecule has 0 radical (unpaired) electrons. The molecule has 0 amide bonds. The van der Waals surface area contributed by atoms with E-state index in [4.69, 9.17) is 9.31 Å². The predicted molar refractivity (Wildman–Crippen MR) is 78.0 cm³/mol. The molecule has 98 valence electrons. The molecule has 0 N–H and O–H groups in total. The lowest BCUT2D eigenvalue weighted by molar-refractivity contribution is 0.140. The second-order valence-electron chi connectivity index (χ2n) is 5.03. The third-order valence-electron chi connectivity index (χ3n) is 4.33. The summed E-state index contributed by atoms with van der Waals surface area (Å²) in [5.41, 5.74) is 1.39. The highest BCUT2D eigenvalue weighted by Gasteiger charge is 2.34. The monoisotopic (exact) mass is 254 g/mol. The molecule has 0 bridgehead atoms. The van der Waals surface area contributed by atoms with Gasteiger partial charge in [-0.2, -0.15) is 0 Å². The zero-order valence-electron chi connectivity index (χ0n) is 11.9. The summed E-state index contributed by atoms with van der Waals surface area (Å²) in [4.78, 5) is 0. The van der Waals surface area contributed by atoms with Crippen LogP contribution in [0.25, 0.3) is 0 Å². The molecule has 0 aliphatic carbocycles. The smallest absolute Gasteiger partial charge is 0.407 e. The largest absolute Gasteiger partial charge is 0.488 e. The predicted octanol–water partition coefficient (Wildman–Crippen LogP) is 3.91. The van der Waals surface area contributed by atoms with Crippen molar-refractivity contribution in [1.29, 1.82) is 0 Å². The molecule has 1 aliphatic heterocycles. The van der Waals surface area contributed by atoms with Gasteiger partial charge in [0.2, 0.25) is 0 Å². The maximum Gasteiger partial charge on any atom is 0.488 e. The third-order valence-corrected chi connectivity index (χ3v) is 9.99. The van der Waals surface area contributed by atoms with Gasteiger partial charge in [-0.25, -0.2) is 0 Å². The first-order valence-corrected chi connectivity index (χ1v) is 9.92. The molecule has 0 saturated carbocycles. The first-order valence-electron chi connectivity index (χ1n) is 7.09. The van der Waals surface area contributed by atoms with Gasteiger partial charge in [0.25, 0.3) is 0 Å². The molecule has 1 heterocycles. The van der Waals surface area contributed by atoms with E-state index in [1.54, 1.807) is 0 Å². The van der Waals surface area contributed by atoms with E-state index in [0.29, 0.717) is 0 Å². The van der Waals surface area contributed by atoms with Crippen LogP contribution < -0.4 is 0 Å². The van der Waals surface area contributed by atoms with Gasteiger partial charge in [-0.1, -0.05) is 45.0 Å². The van der Waals surface area contributed by atoms with E-state index in [1.807, 2.05) is 0 Å². The van der Waals surface area contributed by atoms with Crippen molar-refractivity contribution in [3.05, 3.63) is 11.5 Å². The second-order valence-corrected chi connectivity index (χ2v) is 10.5. The van der Waals surface area contributed by atoms with Crippen molar-refractivity contribution in [3.8, 4) is 0 Å². The summed E-state index contributed by atoms with van der Waals surface area (Å²) in [7, 11) is -1.16. The van der Waals surface area contributed by atoms with Gasteiger partial charge < -0.3 is 9.31 Å². The fourth-order valence-corrected chi connectivity index (χ4v) is 6.07. The fraction of sp³-hybridized carbons (Fsp3) is 0.846. The average Bonchev–Trinajstić information content (AvgIpc) is 2.42. The van der Waals surface area contributed by atoms with Gasteiger partial charge >= 0.3 is 7.12 Å². The Labute approximate surface area is 108 Å². The van der Waals surface area contributed by atoms with Crippen LogP contribution in [0.4, 0.5) is 0 Å². The summed E-state index contributed by atoms with van der Waals surface area (Å²) >= 11 is 0. The topological polar surface area (TPSA) is 18.5 Å². The van der Waals surface area contributed by atoms with Crippen LogP contribution in [0.3, 0.4) is 0 Å². The molecule has 0 aromatic heterocycles. The third kappa shape index (κ3) is 3.97. The van der Waals surface area contributed by atoms with E-state index in [2.05, 4.69) is 33.8 Å². The number of hydrogen-bond acceptors (Lipinski definition) is 2. The first-order chi connectivity index (χ1) is 8.21. The molecule has 0 aromatic rings. The molecule has 0 atom stereocenters. The van der Waals surface area contributed by atoms with E-state index in [1.165, 1.54) is 29.6 Å². The minimum atomic E-state index is -1.11. The van der Waals surface area contributed by atoms with E-state index in [9.17, 15) is 0 Å². The van der Waals surface area contributed by atoms with Crippen LogP contribution in [0.2, 0.25) is 24.2 Å². The van der Waals surface area contributed by atoms with Crippen molar-refractivity contribution in [2.45, 2.75) is 58.3 Å². The molecule has 1 rings (SSSR count). The lowest BCUT2D eigenvalue weighted by atomic mass is 9.78. The lowest BCUT2D eigenvalue weighted by Gasteiger charge is -2.31. The summed E-state index contributed by atoms with van der Waals surface area (Å²) in [6, 6.07) is 5.34. The minimum absolute atomic E-state index is 0.0507. The molecule has 0 unspecified atom stereocenters. The zero-order chi connectivity index (χ0) is 12.7. The van der Waals surface area contributed by atoms with Crippen LogP contribution in [-0.4, -0.2) is 28.4 Å². The molecular weight excluding hydrogens is 227 g/mol. The van der Waals surface area contributed by atoms with E-state index in [-0.39, 0.29) is 7.12 Å². The van der Waals surface area contributed by atoms with Gasteiger partial charge in [-0.15, -0.1) is 0 Å². The van der Waals surface area contributed by atoms with Gasteiger partial charge in [0.1, 0.15) is 0 Å². The highest BCUT2D eigenvalue weighted by Crippen LogP contribution is 2.30. The van der Waals surface area contributed by atoms with Gasteiger partial charge in [-0.3, -0.25) is 0 Å². The highest BCUT2D eigenvalue weighted by molar-refractivity contribution is 6.81. The van der Waals surface area contributed by atoms with Crippen LogP contribution in [0, 0.1) is 0 Å². The molecule has 0 aromatic carbocycles. The van der Waals surface area contributed by atoms with E-state index >= 15 is 0 Å².